The molecule has 0 heterocycles. The van der Waals surface area contributed by atoms with Crippen LogP contribution in [0.5, 0.6) is 5.75 Å². The van der Waals surface area contributed by atoms with Crippen LogP contribution in [-0.2, 0) is 0 Å². The molecule has 4 nitrogen and oxygen atoms in total. The highest BCUT2D eigenvalue weighted by atomic mass is 79.9. The van der Waals surface area contributed by atoms with Crippen molar-refractivity contribution in [3.63, 3.8) is 0 Å². The predicted octanol–water partition coefficient (Wildman–Crippen LogP) is 4.33. The van der Waals surface area contributed by atoms with Crippen molar-refractivity contribution in [2.75, 3.05) is 0 Å². The Hall–Kier alpha value is -1.37. The summed E-state index contributed by atoms with van der Waals surface area (Å²) >= 11 is 12.3. The van der Waals surface area contributed by atoms with Crippen molar-refractivity contribution in [3.05, 3.63) is 61.5 Å². The molecule has 0 bridgehead atoms. The Balaban J connectivity index is 2.11. The van der Waals surface area contributed by atoms with Gasteiger partial charge in [-0.3, -0.25) is 4.79 Å². The molecule has 0 aliphatic rings. The molecule has 0 spiro atoms. The Morgan fingerprint density at radius 1 is 1.29 bits per heavy atom. The smallest absolute Gasteiger partial charge is 0.271 e. The van der Waals surface area contributed by atoms with Crippen LogP contribution in [0.4, 0.5) is 0 Å². The van der Waals surface area contributed by atoms with Crippen LogP contribution < -0.4 is 5.43 Å². The lowest BCUT2D eigenvalue weighted by Crippen LogP contribution is -2.17. The molecule has 0 unspecified atom stereocenters. The second kappa shape index (κ2) is 7.06. The van der Waals surface area contributed by atoms with Crippen LogP contribution in [0.2, 0.25) is 5.02 Å². The van der Waals surface area contributed by atoms with Crippen LogP contribution >= 0.6 is 43.5 Å². The molecule has 0 aromatic heterocycles. The van der Waals surface area contributed by atoms with E-state index in [-0.39, 0.29) is 11.7 Å². The lowest BCUT2D eigenvalue weighted by atomic mass is 10.2. The van der Waals surface area contributed by atoms with Gasteiger partial charge in [-0.05, 0) is 46.3 Å². The highest BCUT2D eigenvalue weighted by Crippen LogP contribution is 2.30. The van der Waals surface area contributed by atoms with E-state index in [0.29, 0.717) is 20.6 Å². The second-order valence-corrected chi connectivity index (χ2v) is 6.24. The van der Waals surface area contributed by atoms with Gasteiger partial charge in [0.2, 0.25) is 0 Å². The van der Waals surface area contributed by atoms with E-state index in [1.165, 1.54) is 6.21 Å². The van der Waals surface area contributed by atoms with Gasteiger partial charge in [-0.2, -0.15) is 5.10 Å². The zero-order chi connectivity index (χ0) is 15.4. The van der Waals surface area contributed by atoms with Crippen LogP contribution in [0.15, 0.2) is 50.4 Å². The van der Waals surface area contributed by atoms with Gasteiger partial charge in [0.25, 0.3) is 5.91 Å². The summed E-state index contributed by atoms with van der Waals surface area (Å²) in [4.78, 5) is 11.8. The summed E-state index contributed by atoms with van der Waals surface area (Å²) in [5, 5.41) is 14.1. The standard InChI is InChI=1S/C14H9Br2ClN2O2/c15-10-4-9(13(20)12(16)6-10)7-18-19-14(21)8-2-1-3-11(17)5-8/h1-7,20H,(H,19,21). The topological polar surface area (TPSA) is 61.7 Å². The molecule has 2 rings (SSSR count). The molecular formula is C14H9Br2ClN2O2. The van der Waals surface area contributed by atoms with Crippen molar-refractivity contribution in [2.45, 2.75) is 0 Å². The van der Waals surface area contributed by atoms with Crippen LogP contribution in [-0.4, -0.2) is 17.2 Å². The summed E-state index contributed by atoms with van der Waals surface area (Å²) < 4.78 is 1.30. The minimum absolute atomic E-state index is 0.0407. The summed E-state index contributed by atoms with van der Waals surface area (Å²) in [6, 6.07) is 9.91. The maximum atomic E-state index is 11.8. The molecule has 0 saturated carbocycles. The number of carbonyl (C=O) groups is 1. The molecule has 21 heavy (non-hydrogen) atoms. The van der Waals surface area contributed by atoms with Crippen LogP contribution in [0.1, 0.15) is 15.9 Å². The van der Waals surface area contributed by atoms with E-state index in [4.69, 9.17) is 11.6 Å². The summed E-state index contributed by atoms with van der Waals surface area (Å²) in [6.07, 6.45) is 1.35. The van der Waals surface area contributed by atoms with Crippen molar-refractivity contribution < 1.29 is 9.90 Å². The number of carbonyl (C=O) groups excluding carboxylic acids is 1. The fraction of sp³-hybridized carbons (Fsp3) is 0. The van der Waals surface area contributed by atoms with Crippen LogP contribution in [0.25, 0.3) is 0 Å². The van der Waals surface area contributed by atoms with Crippen LogP contribution in [0.3, 0.4) is 0 Å². The van der Waals surface area contributed by atoms with Crippen LogP contribution in [0, 0.1) is 0 Å². The normalized spacial score (nSPS) is 10.8. The van der Waals surface area contributed by atoms with Gasteiger partial charge in [-0.15, -0.1) is 0 Å². The van der Waals surface area contributed by atoms with E-state index in [9.17, 15) is 9.90 Å². The lowest BCUT2D eigenvalue weighted by molar-refractivity contribution is 0.0955. The number of hydrogen-bond donors (Lipinski definition) is 2. The molecule has 0 aliphatic heterocycles. The minimum Gasteiger partial charge on any atom is -0.506 e. The number of halogens is 3. The minimum atomic E-state index is -0.387. The molecule has 108 valence electrons. The molecule has 2 aromatic rings. The lowest BCUT2D eigenvalue weighted by Gasteiger charge is -2.03. The number of phenolic OH excluding ortho intramolecular Hbond substituents is 1. The first-order chi connectivity index (χ1) is 9.97. The SMILES string of the molecule is O=C(NN=Cc1cc(Br)cc(Br)c1O)c1cccc(Cl)c1. The van der Waals surface area contributed by atoms with Gasteiger partial charge >= 0.3 is 0 Å². The van der Waals surface area contributed by atoms with Crippen molar-refractivity contribution in [3.8, 4) is 5.75 Å². The average molecular weight is 432 g/mol. The zero-order valence-corrected chi connectivity index (χ0v) is 14.4. The first-order valence-electron chi connectivity index (χ1n) is 5.74. The number of rotatable bonds is 3. The van der Waals surface area contributed by atoms with Gasteiger partial charge in [0, 0.05) is 20.6 Å². The third kappa shape index (κ3) is 4.30. The number of hydrogen-bond acceptors (Lipinski definition) is 3. The van der Waals surface area contributed by atoms with E-state index >= 15 is 0 Å². The van der Waals surface area contributed by atoms with E-state index in [1.54, 1.807) is 36.4 Å². The molecule has 0 fully saturated rings. The number of amides is 1. The van der Waals surface area contributed by atoms with Gasteiger partial charge in [0.05, 0.1) is 10.7 Å². The maximum absolute atomic E-state index is 11.8. The molecule has 0 aliphatic carbocycles. The van der Waals surface area contributed by atoms with E-state index in [1.807, 2.05) is 0 Å². The van der Waals surface area contributed by atoms with Crippen molar-refractivity contribution >= 4 is 55.6 Å². The summed E-state index contributed by atoms with van der Waals surface area (Å²) in [6.45, 7) is 0. The first kappa shape index (κ1) is 16.0. The number of benzene rings is 2. The highest BCUT2D eigenvalue weighted by molar-refractivity contribution is 9.11. The quantitative estimate of drug-likeness (QED) is 0.560. The highest BCUT2D eigenvalue weighted by Gasteiger charge is 2.07. The Kier molecular flexibility index (Phi) is 5.39. The average Bonchev–Trinajstić information content (AvgIpc) is 2.43. The van der Waals surface area contributed by atoms with Gasteiger partial charge in [-0.1, -0.05) is 33.6 Å². The molecule has 2 aromatic carbocycles. The third-order valence-electron chi connectivity index (χ3n) is 2.51. The second-order valence-electron chi connectivity index (χ2n) is 4.03. The molecule has 1 amide bonds. The number of hydrazone groups is 1. The Bertz CT molecular complexity index is 720. The van der Waals surface area contributed by atoms with E-state index < -0.39 is 0 Å². The zero-order valence-electron chi connectivity index (χ0n) is 10.5. The van der Waals surface area contributed by atoms with Crippen molar-refractivity contribution in [1.82, 2.24) is 5.43 Å². The van der Waals surface area contributed by atoms with Crippen molar-refractivity contribution in [1.29, 1.82) is 0 Å². The largest absolute Gasteiger partial charge is 0.506 e. The number of nitrogens with one attached hydrogen (secondary N) is 1. The monoisotopic (exact) mass is 430 g/mol. The molecular weight excluding hydrogens is 423 g/mol. The molecule has 0 saturated heterocycles. The Morgan fingerprint density at radius 3 is 2.76 bits per heavy atom. The van der Waals surface area contributed by atoms with Gasteiger partial charge in [0.1, 0.15) is 5.75 Å². The summed E-state index contributed by atoms with van der Waals surface area (Å²) in [5.41, 5.74) is 3.23. The maximum Gasteiger partial charge on any atom is 0.271 e. The molecule has 7 heteroatoms. The Labute approximate surface area is 143 Å². The van der Waals surface area contributed by atoms with Gasteiger partial charge in [-0.25, -0.2) is 5.43 Å². The summed E-state index contributed by atoms with van der Waals surface area (Å²) in [5.74, 6) is -0.346. The van der Waals surface area contributed by atoms with Crippen molar-refractivity contribution in [2.24, 2.45) is 5.10 Å². The molecule has 0 atom stereocenters. The third-order valence-corrected chi connectivity index (χ3v) is 3.81. The predicted molar refractivity (Wildman–Crippen MR) is 90.0 cm³/mol. The molecule has 2 N–H and O–H groups in total. The summed E-state index contributed by atoms with van der Waals surface area (Å²) in [7, 11) is 0. The number of nitrogens with zero attached hydrogens (tertiary/aromatic N) is 1. The van der Waals surface area contributed by atoms with E-state index in [0.717, 1.165) is 4.47 Å². The number of aromatic hydroxyl groups is 1. The molecule has 0 radical (unpaired) electrons. The first-order valence-corrected chi connectivity index (χ1v) is 7.71. The number of phenols is 1. The fourth-order valence-corrected chi connectivity index (χ4v) is 2.99. The fourth-order valence-electron chi connectivity index (χ4n) is 1.54. The van der Waals surface area contributed by atoms with Gasteiger partial charge in [0.15, 0.2) is 0 Å². The van der Waals surface area contributed by atoms with Gasteiger partial charge < -0.3 is 5.11 Å². The Morgan fingerprint density at radius 2 is 2.05 bits per heavy atom. The van der Waals surface area contributed by atoms with E-state index in [2.05, 4.69) is 42.4 Å².